The van der Waals surface area contributed by atoms with E-state index in [1.54, 1.807) is 0 Å². The molecule has 1 saturated heterocycles. The summed E-state index contributed by atoms with van der Waals surface area (Å²) in [6.07, 6.45) is 2.37. The van der Waals surface area contributed by atoms with E-state index in [1.807, 2.05) is 6.07 Å². The van der Waals surface area contributed by atoms with Crippen molar-refractivity contribution in [2.75, 3.05) is 6.54 Å². The number of hydrogen-bond acceptors (Lipinski definition) is 3. The summed E-state index contributed by atoms with van der Waals surface area (Å²) in [5.41, 5.74) is 3.36. The number of aryl methyl sites for hydroxylation is 1. The first-order valence-corrected chi connectivity index (χ1v) is 6.10. The van der Waals surface area contributed by atoms with Gasteiger partial charge in [0.1, 0.15) is 5.69 Å². The number of benzene rings is 1. The Hall–Kier alpha value is -1.61. The molecule has 17 heavy (non-hydrogen) atoms. The lowest BCUT2D eigenvalue weighted by atomic mass is 10.1. The minimum absolute atomic E-state index is 0.373. The van der Waals surface area contributed by atoms with Crippen molar-refractivity contribution < 1.29 is 4.52 Å². The Morgan fingerprint density at radius 3 is 3.06 bits per heavy atom. The van der Waals surface area contributed by atoms with Crippen LogP contribution in [0.3, 0.4) is 0 Å². The molecule has 1 fully saturated rings. The molecule has 1 atom stereocenters. The molecule has 2 heterocycles. The fraction of sp³-hybridized carbons (Fsp3) is 0.357. The molecule has 0 aliphatic carbocycles. The van der Waals surface area contributed by atoms with Crippen LogP contribution in [0.15, 0.2) is 34.9 Å². The van der Waals surface area contributed by atoms with Crippen LogP contribution in [-0.2, 0) is 0 Å². The minimum atomic E-state index is 0.373. The smallest absolute Gasteiger partial charge is 0.167 e. The van der Waals surface area contributed by atoms with Crippen LogP contribution in [0.5, 0.6) is 0 Å². The lowest BCUT2D eigenvalue weighted by Gasteiger charge is -2.03. The molecule has 88 valence electrons. The van der Waals surface area contributed by atoms with E-state index >= 15 is 0 Å². The number of aromatic nitrogens is 1. The molecular formula is C14H16N2O. The van der Waals surface area contributed by atoms with Crippen LogP contribution in [-0.4, -0.2) is 11.7 Å². The molecule has 1 aliphatic rings. The molecule has 3 heteroatoms. The van der Waals surface area contributed by atoms with E-state index in [0.717, 1.165) is 30.0 Å². The topological polar surface area (TPSA) is 38.1 Å². The number of nitrogens with one attached hydrogen (secondary N) is 1. The molecule has 1 unspecified atom stereocenters. The van der Waals surface area contributed by atoms with E-state index in [1.165, 1.54) is 12.0 Å². The molecule has 3 rings (SSSR count). The van der Waals surface area contributed by atoms with Gasteiger partial charge in [-0.25, -0.2) is 0 Å². The van der Waals surface area contributed by atoms with E-state index in [9.17, 15) is 0 Å². The highest BCUT2D eigenvalue weighted by molar-refractivity contribution is 5.58. The van der Waals surface area contributed by atoms with Crippen molar-refractivity contribution in [2.45, 2.75) is 25.8 Å². The minimum Gasteiger partial charge on any atom is -0.356 e. The van der Waals surface area contributed by atoms with Gasteiger partial charge >= 0.3 is 0 Å². The van der Waals surface area contributed by atoms with Gasteiger partial charge in [-0.2, -0.15) is 0 Å². The summed E-state index contributed by atoms with van der Waals surface area (Å²) in [5, 5.41) is 7.59. The largest absolute Gasteiger partial charge is 0.356 e. The maximum absolute atomic E-state index is 5.43. The third-order valence-corrected chi connectivity index (χ3v) is 3.25. The quantitative estimate of drug-likeness (QED) is 0.858. The highest BCUT2D eigenvalue weighted by Crippen LogP contribution is 2.27. The van der Waals surface area contributed by atoms with Crippen LogP contribution >= 0.6 is 0 Å². The first-order valence-electron chi connectivity index (χ1n) is 6.10. The van der Waals surface area contributed by atoms with Gasteiger partial charge < -0.3 is 9.84 Å². The van der Waals surface area contributed by atoms with Gasteiger partial charge in [-0.3, -0.25) is 0 Å². The Kier molecular flexibility index (Phi) is 2.69. The third kappa shape index (κ3) is 2.11. The molecule has 0 spiro atoms. The molecule has 0 radical (unpaired) electrons. The fourth-order valence-electron chi connectivity index (χ4n) is 2.32. The molecule has 0 saturated carbocycles. The maximum Gasteiger partial charge on any atom is 0.167 e. The standard InChI is InChI=1S/C14H16N2O/c1-10-4-2-5-11(8-10)14-9-13(16-17-14)12-6-3-7-15-12/h2,4-5,8-9,12,15H,3,6-7H2,1H3. The summed E-state index contributed by atoms with van der Waals surface area (Å²) in [5.74, 6) is 0.859. The van der Waals surface area contributed by atoms with E-state index in [-0.39, 0.29) is 0 Å². The molecule has 0 amide bonds. The van der Waals surface area contributed by atoms with Gasteiger partial charge in [-0.1, -0.05) is 28.9 Å². The zero-order valence-corrected chi connectivity index (χ0v) is 9.94. The van der Waals surface area contributed by atoms with Crippen LogP contribution in [0.4, 0.5) is 0 Å². The van der Waals surface area contributed by atoms with Crippen molar-refractivity contribution in [1.82, 2.24) is 10.5 Å². The molecule has 1 aliphatic heterocycles. The average molecular weight is 228 g/mol. The summed E-state index contributed by atoms with van der Waals surface area (Å²) in [6.45, 7) is 3.16. The molecule has 1 aromatic heterocycles. The molecular weight excluding hydrogens is 212 g/mol. The lowest BCUT2D eigenvalue weighted by molar-refractivity contribution is 0.412. The Labute approximate surface area is 101 Å². The molecule has 1 N–H and O–H groups in total. The molecule has 0 bridgehead atoms. The molecule has 1 aromatic carbocycles. The van der Waals surface area contributed by atoms with Gasteiger partial charge in [0, 0.05) is 11.6 Å². The highest BCUT2D eigenvalue weighted by Gasteiger charge is 2.20. The third-order valence-electron chi connectivity index (χ3n) is 3.25. The second-order valence-electron chi connectivity index (χ2n) is 4.63. The van der Waals surface area contributed by atoms with Crippen molar-refractivity contribution in [1.29, 1.82) is 0 Å². The van der Waals surface area contributed by atoms with E-state index in [4.69, 9.17) is 4.52 Å². The van der Waals surface area contributed by atoms with Crippen LogP contribution in [0, 0.1) is 6.92 Å². The summed E-state index contributed by atoms with van der Waals surface area (Å²) in [4.78, 5) is 0. The van der Waals surface area contributed by atoms with Gasteiger partial charge in [0.05, 0.1) is 6.04 Å². The monoisotopic (exact) mass is 228 g/mol. The Balaban J connectivity index is 1.89. The summed E-state index contributed by atoms with van der Waals surface area (Å²) in [6, 6.07) is 10.7. The number of rotatable bonds is 2. The summed E-state index contributed by atoms with van der Waals surface area (Å²) >= 11 is 0. The Morgan fingerprint density at radius 1 is 1.35 bits per heavy atom. The van der Waals surface area contributed by atoms with E-state index in [0.29, 0.717) is 6.04 Å². The van der Waals surface area contributed by atoms with Crippen molar-refractivity contribution in [3.8, 4) is 11.3 Å². The van der Waals surface area contributed by atoms with Crippen LogP contribution in [0.25, 0.3) is 11.3 Å². The van der Waals surface area contributed by atoms with Crippen LogP contribution < -0.4 is 5.32 Å². The average Bonchev–Trinajstić information content (AvgIpc) is 3.00. The predicted molar refractivity (Wildman–Crippen MR) is 66.7 cm³/mol. The van der Waals surface area contributed by atoms with Crippen LogP contribution in [0.2, 0.25) is 0 Å². The van der Waals surface area contributed by atoms with Crippen molar-refractivity contribution >= 4 is 0 Å². The number of hydrogen-bond donors (Lipinski definition) is 1. The van der Waals surface area contributed by atoms with Crippen LogP contribution in [0.1, 0.15) is 30.1 Å². The summed E-state index contributed by atoms with van der Waals surface area (Å²) in [7, 11) is 0. The predicted octanol–water partition coefficient (Wildman–Crippen LogP) is 3.07. The zero-order chi connectivity index (χ0) is 11.7. The Morgan fingerprint density at radius 2 is 2.29 bits per heavy atom. The van der Waals surface area contributed by atoms with Gasteiger partial charge in [0.2, 0.25) is 0 Å². The molecule has 3 nitrogen and oxygen atoms in total. The fourth-order valence-corrected chi connectivity index (χ4v) is 2.32. The SMILES string of the molecule is Cc1cccc(-c2cc(C3CCCN3)no2)c1. The summed E-state index contributed by atoms with van der Waals surface area (Å²) < 4.78 is 5.43. The van der Waals surface area contributed by atoms with Gasteiger partial charge in [0.25, 0.3) is 0 Å². The number of nitrogens with zero attached hydrogens (tertiary/aromatic N) is 1. The van der Waals surface area contributed by atoms with Gasteiger partial charge in [0.15, 0.2) is 5.76 Å². The first-order chi connectivity index (χ1) is 8.33. The lowest BCUT2D eigenvalue weighted by Crippen LogP contribution is -2.12. The zero-order valence-electron chi connectivity index (χ0n) is 9.94. The van der Waals surface area contributed by atoms with Crippen molar-refractivity contribution in [3.63, 3.8) is 0 Å². The van der Waals surface area contributed by atoms with Gasteiger partial charge in [-0.05, 0) is 32.4 Å². The van der Waals surface area contributed by atoms with Gasteiger partial charge in [-0.15, -0.1) is 0 Å². The van der Waals surface area contributed by atoms with Crippen molar-refractivity contribution in [3.05, 3.63) is 41.6 Å². The van der Waals surface area contributed by atoms with E-state index in [2.05, 4.69) is 41.7 Å². The van der Waals surface area contributed by atoms with E-state index < -0.39 is 0 Å². The maximum atomic E-state index is 5.43. The highest BCUT2D eigenvalue weighted by atomic mass is 16.5. The second kappa shape index (κ2) is 4.34. The first kappa shape index (κ1) is 10.5. The Bertz CT molecular complexity index is 512. The van der Waals surface area contributed by atoms with Crippen molar-refractivity contribution in [2.24, 2.45) is 0 Å². The molecule has 2 aromatic rings. The normalized spacial score (nSPS) is 19.7. The second-order valence-corrected chi connectivity index (χ2v) is 4.63.